The Morgan fingerprint density at radius 3 is 2.35 bits per heavy atom. The first kappa shape index (κ1) is 17.1. The van der Waals surface area contributed by atoms with Gasteiger partial charge in [-0.2, -0.15) is 0 Å². The van der Waals surface area contributed by atoms with Crippen molar-refractivity contribution in [3.63, 3.8) is 0 Å². The molecule has 0 aliphatic carbocycles. The number of hydrogen-bond acceptors (Lipinski definition) is 6. The molecule has 0 heterocycles. The van der Waals surface area contributed by atoms with E-state index in [0.29, 0.717) is 5.69 Å². The van der Waals surface area contributed by atoms with E-state index in [1.807, 2.05) is 6.26 Å². The van der Waals surface area contributed by atoms with Gasteiger partial charge in [0.1, 0.15) is 10.6 Å². The molecule has 0 aliphatic heterocycles. The molecule has 23 heavy (non-hydrogen) atoms. The fourth-order valence-electron chi connectivity index (χ4n) is 1.86. The lowest BCUT2D eigenvalue weighted by Gasteiger charge is -2.11. The SMILES string of the molecule is COc1cc([N+](=O)[O-])ccc1S(=O)(=O)Nc1ccc(SC)cc1. The van der Waals surface area contributed by atoms with E-state index >= 15 is 0 Å². The summed E-state index contributed by atoms with van der Waals surface area (Å²) >= 11 is 1.54. The summed E-state index contributed by atoms with van der Waals surface area (Å²) in [5.41, 5.74) is 0.147. The van der Waals surface area contributed by atoms with E-state index in [4.69, 9.17) is 4.74 Å². The van der Waals surface area contributed by atoms with Gasteiger partial charge in [0.15, 0.2) is 0 Å². The standard InChI is InChI=1S/C14H14N2O5S2/c1-21-13-9-11(16(17)18)5-8-14(13)23(19,20)15-10-3-6-12(22-2)7-4-10/h3-9,15H,1-2H3. The molecule has 0 amide bonds. The number of sulfonamides is 1. The van der Waals surface area contributed by atoms with Crippen LogP contribution in [-0.2, 0) is 10.0 Å². The number of nitro benzene ring substituents is 1. The summed E-state index contributed by atoms with van der Waals surface area (Å²) in [7, 11) is -2.67. The second kappa shape index (κ2) is 6.88. The van der Waals surface area contributed by atoms with Gasteiger partial charge in [-0.25, -0.2) is 8.42 Å². The van der Waals surface area contributed by atoms with Gasteiger partial charge in [0.05, 0.1) is 18.1 Å². The molecule has 0 saturated heterocycles. The number of ether oxygens (including phenoxy) is 1. The Morgan fingerprint density at radius 2 is 1.83 bits per heavy atom. The fourth-order valence-corrected chi connectivity index (χ4v) is 3.48. The highest BCUT2D eigenvalue weighted by molar-refractivity contribution is 7.98. The monoisotopic (exact) mass is 354 g/mol. The molecular formula is C14H14N2O5S2. The van der Waals surface area contributed by atoms with E-state index in [1.165, 1.54) is 7.11 Å². The largest absolute Gasteiger partial charge is 0.495 e. The van der Waals surface area contributed by atoms with Crippen LogP contribution in [0.4, 0.5) is 11.4 Å². The highest BCUT2D eigenvalue weighted by atomic mass is 32.2. The number of anilines is 1. The quantitative estimate of drug-likeness (QED) is 0.486. The predicted octanol–water partition coefficient (Wildman–Crippen LogP) is 3.13. The van der Waals surface area contributed by atoms with Crippen LogP contribution < -0.4 is 9.46 Å². The third kappa shape index (κ3) is 3.93. The van der Waals surface area contributed by atoms with Crippen molar-refractivity contribution in [3.05, 3.63) is 52.6 Å². The summed E-state index contributed by atoms with van der Waals surface area (Å²) in [4.78, 5) is 11.0. The minimum Gasteiger partial charge on any atom is -0.495 e. The molecule has 2 aromatic carbocycles. The maximum atomic E-state index is 12.5. The number of nitro groups is 1. The lowest BCUT2D eigenvalue weighted by Crippen LogP contribution is -2.14. The predicted molar refractivity (Wildman–Crippen MR) is 88.7 cm³/mol. The van der Waals surface area contributed by atoms with E-state index in [1.54, 1.807) is 36.0 Å². The zero-order chi connectivity index (χ0) is 17.0. The normalized spacial score (nSPS) is 11.0. The maximum Gasteiger partial charge on any atom is 0.273 e. The van der Waals surface area contributed by atoms with Crippen molar-refractivity contribution in [2.24, 2.45) is 0 Å². The number of rotatable bonds is 6. The van der Waals surface area contributed by atoms with Crippen molar-refractivity contribution in [2.45, 2.75) is 9.79 Å². The Labute approximate surface area is 137 Å². The van der Waals surface area contributed by atoms with E-state index < -0.39 is 14.9 Å². The molecule has 122 valence electrons. The molecular weight excluding hydrogens is 340 g/mol. The molecule has 0 spiro atoms. The van der Waals surface area contributed by atoms with Crippen molar-refractivity contribution in [1.82, 2.24) is 0 Å². The minimum atomic E-state index is -3.92. The summed E-state index contributed by atoms with van der Waals surface area (Å²) < 4.78 is 32.3. The number of thioether (sulfide) groups is 1. The van der Waals surface area contributed by atoms with Gasteiger partial charge in [0.25, 0.3) is 15.7 Å². The molecule has 7 nitrogen and oxygen atoms in total. The Bertz CT molecular complexity index is 820. The fraction of sp³-hybridized carbons (Fsp3) is 0.143. The molecule has 0 unspecified atom stereocenters. The van der Waals surface area contributed by atoms with Crippen LogP contribution in [-0.4, -0.2) is 26.7 Å². The van der Waals surface area contributed by atoms with Gasteiger partial charge < -0.3 is 4.74 Å². The number of benzene rings is 2. The number of methoxy groups -OCH3 is 1. The lowest BCUT2D eigenvalue weighted by atomic mass is 10.3. The molecule has 0 saturated carbocycles. The molecule has 0 atom stereocenters. The van der Waals surface area contributed by atoms with E-state index in [2.05, 4.69) is 4.72 Å². The van der Waals surface area contributed by atoms with E-state index in [-0.39, 0.29) is 16.3 Å². The first-order valence-corrected chi connectivity index (χ1v) is 9.07. The van der Waals surface area contributed by atoms with Crippen molar-refractivity contribution >= 4 is 33.2 Å². The van der Waals surface area contributed by atoms with Crippen molar-refractivity contribution in [2.75, 3.05) is 18.1 Å². The highest BCUT2D eigenvalue weighted by Gasteiger charge is 2.22. The molecule has 0 bridgehead atoms. The average Bonchev–Trinajstić information content (AvgIpc) is 2.54. The molecule has 2 rings (SSSR count). The molecule has 9 heteroatoms. The Hall–Kier alpha value is -2.26. The highest BCUT2D eigenvalue weighted by Crippen LogP contribution is 2.30. The van der Waals surface area contributed by atoms with Gasteiger partial charge in [-0.1, -0.05) is 0 Å². The van der Waals surface area contributed by atoms with Crippen molar-refractivity contribution < 1.29 is 18.1 Å². The van der Waals surface area contributed by atoms with Gasteiger partial charge in [0, 0.05) is 16.6 Å². The average molecular weight is 354 g/mol. The second-order valence-corrected chi connectivity index (χ2v) is 6.96. The smallest absolute Gasteiger partial charge is 0.273 e. The van der Waals surface area contributed by atoms with Crippen molar-refractivity contribution in [1.29, 1.82) is 0 Å². The first-order chi connectivity index (χ1) is 10.9. The van der Waals surface area contributed by atoms with Crippen LogP contribution in [0.5, 0.6) is 5.75 Å². The van der Waals surface area contributed by atoms with E-state index in [9.17, 15) is 18.5 Å². The van der Waals surface area contributed by atoms with E-state index in [0.717, 1.165) is 23.1 Å². The molecule has 0 fully saturated rings. The van der Waals surface area contributed by atoms with Crippen LogP contribution in [0.2, 0.25) is 0 Å². The number of hydrogen-bond donors (Lipinski definition) is 1. The van der Waals surface area contributed by atoms with Crippen LogP contribution >= 0.6 is 11.8 Å². The summed E-state index contributed by atoms with van der Waals surface area (Å²) in [6, 6.07) is 10.2. The zero-order valence-corrected chi connectivity index (χ0v) is 14.0. The maximum absolute atomic E-state index is 12.5. The molecule has 0 radical (unpaired) electrons. The van der Waals surface area contributed by atoms with Crippen molar-refractivity contribution in [3.8, 4) is 5.75 Å². The van der Waals surface area contributed by atoms with Gasteiger partial charge in [-0.05, 0) is 36.6 Å². The van der Waals surface area contributed by atoms with Crippen LogP contribution in [0.1, 0.15) is 0 Å². The topological polar surface area (TPSA) is 98.5 Å². The van der Waals surface area contributed by atoms with Gasteiger partial charge in [-0.3, -0.25) is 14.8 Å². The van der Waals surface area contributed by atoms with Gasteiger partial charge >= 0.3 is 0 Å². The summed E-state index contributed by atoms with van der Waals surface area (Å²) in [5.74, 6) is -0.0903. The van der Waals surface area contributed by atoms with Crippen LogP contribution in [0, 0.1) is 10.1 Å². The van der Waals surface area contributed by atoms with Crippen LogP contribution in [0.3, 0.4) is 0 Å². The van der Waals surface area contributed by atoms with Gasteiger partial charge in [-0.15, -0.1) is 11.8 Å². The minimum absolute atomic E-state index is 0.0903. The Kier molecular flexibility index (Phi) is 5.12. The van der Waals surface area contributed by atoms with Crippen LogP contribution in [0.25, 0.3) is 0 Å². The molecule has 1 N–H and O–H groups in total. The Morgan fingerprint density at radius 1 is 1.17 bits per heavy atom. The Balaban J connectivity index is 2.36. The lowest BCUT2D eigenvalue weighted by molar-refractivity contribution is -0.385. The number of nitrogens with one attached hydrogen (secondary N) is 1. The number of non-ortho nitro benzene ring substituents is 1. The first-order valence-electron chi connectivity index (χ1n) is 6.36. The summed E-state index contributed by atoms with van der Waals surface area (Å²) in [6.07, 6.45) is 1.92. The third-order valence-corrected chi connectivity index (χ3v) is 5.15. The zero-order valence-electron chi connectivity index (χ0n) is 12.3. The second-order valence-electron chi connectivity index (χ2n) is 4.43. The summed E-state index contributed by atoms with van der Waals surface area (Å²) in [6.45, 7) is 0. The third-order valence-electron chi connectivity index (χ3n) is 2.99. The summed E-state index contributed by atoms with van der Waals surface area (Å²) in [5, 5.41) is 10.8. The van der Waals surface area contributed by atoms with Gasteiger partial charge in [0.2, 0.25) is 0 Å². The molecule has 0 aromatic heterocycles. The molecule has 2 aromatic rings. The molecule has 0 aliphatic rings. The van der Waals surface area contributed by atoms with Crippen LogP contribution in [0.15, 0.2) is 52.3 Å². The number of nitrogens with zero attached hydrogens (tertiary/aromatic N) is 1.